The molecule has 0 aliphatic heterocycles. The van der Waals surface area contributed by atoms with Crippen molar-refractivity contribution >= 4 is 17.6 Å². The zero-order valence-electron chi connectivity index (χ0n) is 16.8. The number of carbonyl (C=O) groups is 2. The van der Waals surface area contributed by atoms with E-state index in [1.165, 1.54) is 22.3 Å². The lowest BCUT2D eigenvalue weighted by molar-refractivity contribution is -0.148. The van der Waals surface area contributed by atoms with Gasteiger partial charge in [-0.2, -0.15) is 0 Å². The van der Waals surface area contributed by atoms with Crippen LogP contribution in [0.15, 0.2) is 36.4 Å². The minimum atomic E-state index is -0.583. The highest BCUT2D eigenvalue weighted by atomic mass is 16.5. The molecule has 1 fully saturated rings. The number of hydrogen-bond donors (Lipinski definition) is 1. The van der Waals surface area contributed by atoms with E-state index >= 15 is 0 Å². The largest absolute Gasteiger partial charge is 0.461 e. The quantitative estimate of drug-likeness (QED) is 0.739. The van der Waals surface area contributed by atoms with E-state index in [0.717, 1.165) is 62.6 Å². The Hall–Kier alpha value is -2.62. The van der Waals surface area contributed by atoms with Gasteiger partial charge in [0.25, 0.3) is 0 Å². The van der Waals surface area contributed by atoms with Gasteiger partial charge in [0.05, 0.1) is 11.8 Å². The number of nitrogens with one attached hydrogen (secondary N) is 1. The Kier molecular flexibility index (Phi) is 4.65. The predicted molar refractivity (Wildman–Crippen MR) is 112 cm³/mol. The summed E-state index contributed by atoms with van der Waals surface area (Å²) in [6.45, 7) is 0.261. The van der Waals surface area contributed by atoms with Crippen LogP contribution in [0.3, 0.4) is 0 Å². The Morgan fingerprint density at radius 2 is 1.59 bits per heavy atom. The van der Waals surface area contributed by atoms with Gasteiger partial charge in [-0.1, -0.05) is 36.4 Å². The topological polar surface area (TPSA) is 55.4 Å². The first-order valence-electron chi connectivity index (χ1n) is 10.8. The molecular formula is C25H27NO3. The lowest BCUT2D eigenvalue weighted by Gasteiger charge is -2.20. The van der Waals surface area contributed by atoms with Crippen molar-refractivity contribution in [3.05, 3.63) is 64.2 Å². The number of rotatable bonds is 6. The molecule has 0 spiro atoms. The SMILES string of the molecule is O=C(CC1(C(=O)Nc2c3c(cc4c2CCC4)CCC3)CC1)OCc1ccccc1. The van der Waals surface area contributed by atoms with Crippen LogP contribution in [0.5, 0.6) is 0 Å². The van der Waals surface area contributed by atoms with Crippen molar-refractivity contribution in [2.45, 2.75) is 64.4 Å². The minimum Gasteiger partial charge on any atom is -0.461 e. The maximum atomic E-state index is 13.2. The standard InChI is InChI=1S/C25H27NO3/c27-22(29-16-17-6-2-1-3-7-17)15-25(12-13-25)24(28)26-23-20-10-4-8-18(20)14-19-9-5-11-21(19)23/h1-3,6-7,14H,4-5,8-13,15-16H2,(H,26,28). The lowest BCUT2D eigenvalue weighted by atomic mass is 9.96. The fourth-order valence-electron chi connectivity index (χ4n) is 4.91. The van der Waals surface area contributed by atoms with Crippen LogP contribution < -0.4 is 5.32 Å². The van der Waals surface area contributed by atoms with Gasteiger partial charge in [-0.3, -0.25) is 9.59 Å². The second kappa shape index (κ2) is 7.33. The summed E-state index contributed by atoms with van der Waals surface area (Å²) in [6.07, 6.45) is 8.34. The highest BCUT2D eigenvalue weighted by Gasteiger charge is 2.52. The molecule has 1 saturated carbocycles. The molecular weight excluding hydrogens is 362 g/mol. The first-order valence-corrected chi connectivity index (χ1v) is 10.8. The predicted octanol–water partition coefficient (Wildman–Crippen LogP) is 4.52. The van der Waals surface area contributed by atoms with Crippen LogP contribution >= 0.6 is 0 Å². The van der Waals surface area contributed by atoms with Gasteiger partial charge in [-0.05, 0) is 79.2 Å². The number of esters is 1. The van der Waals surface area contributed by atoms with E-state index in [-0.39, 0.29) is 24.9 Å². The molecule has 29 heavy (non-hydrogen) atoms. The van der Waals surface area contributed by atoms with Crippen molar-refractivity contribution in [3.63, 3.8) is 0 Å². The van der Waals surface area contributed by atoms with E-state index in [2.05, 4.69) is 11.4 Å². The molecule has 3 aliphatic rings. The van der Waals surface area contributed by atoms with Gasteiger partial charge in [0, 0.05) is 5.69 Å². The molecule has 0 saturated heterocycles. The van der Waals surface area contributed by atoms with Crippen molar-refractivity contribution in [1.82, 2.24) is 0 Å². The highest BCUT2D eigenvalue weighted by Crippen LogP contribution is 2.50. The molecule has 4 nitrogen and oxygen atoms in total. The minimum absolute atomic E-state index is 0.00330. The van der Waals surface area contributed by atoms with Crippen molar-refractivity contribution in [3.8, 4) is 0 Å². The van der Waals surface area contributed by atoms with Gasteiger partial charge < -0.3 is 10.1 Å². The second-order valence-electron chi connectivity index (χ2n) is 8.79. The number of ether oxygens (including phenoxy) is 1. The number of benzene rings is 2. The fourth-order valence-corrected chi connectivity index (χ4v) is 4.91. The van der Waals surface area contributed by atoms with E-state index in [1.807, 2.05) is 30.3 Å². The summed E-state index contributed by atoms with van der Waals surface area (Å²) in [5.74, 6) is -0.284. The third kappa shape index (κ3) is 3.57. The molecule has 2 aromatic carbocycles. The number of aryl methyl sites for hydroxylation is 2. The van der Waals surface area contributed by atoms with Crippen LogP contribution in [0.2, 0.25) is 0 Å². The Labute approximate surface area is 171 Å². The normalized spacial score (nSPS) is 18.1. The molecule has 4 heteroatoms. The van der Waals surface area contributed by atoms with Gasteiger partial charge in [0.1, 0.15) is 6.61 Å². The number of carbonyl (C=O) groups excluding carboxylic acids is 2. The summed E-state index contributed by atoms with van der Waals surface area (Å²) in [4.78, 5) is 25.6. The van der Waals surface area contributed by atoms with Crippen molar-refractivity contribution in [1.29, 1.82) is 0 Å². The first kappa shape index (κ1) is 18.4. The van der Waals surface area contributed by atoms with Crippen LogP contribution in [0, 0.1) is 5.41 Å². The average Bonchev–Trinajstić information content (AvgIpc) is 3.14. The summed E-state index contributed by atoms with van der Waals surface area (Å²) in [5, 5.41) is 3.28. The van der Waals surface area contributed by atoms with Crippen LogP contribution in [0.1, 0.15) is 59.9 Å². The Bertz CT molecular complexity index is 928. The molecule has 0 radical (unpaired) electrons. The summed E-state index contributed by atoms with van der Waals surface area (Å²) >= 11 is 0. The van der Waals surface area contributed by atoms with Crippen LogP contribution in [0.4, 0.5) is 5.69 Å². The van der Waals surface area contributed by atoms with E-state index in [9.17, 15) is 9.59 Å². The van der Waals surface area contributed by atoms with Crippen LogP contribution in [-0.2, 0) is 46.6 Å². The molecule has 0 heterocycles. The van der Waals surface area contributed by atoms with E-state index in [1.54, 1.807) is 0 Å². The monoisotopic (exact) mass is 389 g/mol. The first-order chi connectivity index (χ1) is 14.1. The number of hydrogen-bond acceptors (Lipinski definition) is 3. The van der Waals surface area contributed by atoms with Gasteiger partial charge in [-0.15, -0.1) is 0 Å². The van der Waals surface area contributed by atoms with Crippen molar-refractivity contribution in [2.24, 2.45) is 5.41 Å². The average molecular weight is 389 g/mol. The molecule has 2 aromatic rings. The Balaban J connectivity index is 1.27. The molecule has 1 amide bonds. The molecule has 5 rings (SSSR count). The number of fused-ring (bicyclic) bond motifs is 2. The third-order valence-corrected chi connectivity index (χ3v) is 6.77. The van der Waals surface area contributed by atoms with Crippen LogP contribution in [0.25, 0.3) is 0 Å². The van der Waals surface area contributed by atoms with E-state index in [4.69, 9.17) is 4.74 Å². The molecule has 150 valence electrons. The molecule has 0 aromatic heterocycles. The van der Waals surface area contributed by atoms with Gasteiger partial charge >= 0.3 is 5.97 Å². The Morgan fingerprint density at radius 1 is 0.931 bits per heavy atom. The van der Waals surface area contributed by atoms with Gasteiger partial charge in [-0.25, -0.2) is 0 Å². The fraction of sp³-hybridized carbons (Fsp3) is 0.440. The Morgan fingerprint density at radius 3 is 2.21 bits per heavy atom. The zero-order chi connectivity index (χ0) is 19.8. The molecule has 0 bridgehead atoms. The zero-order valence-corrected chi connectivity index (χ0v) is 16.8. The molecule has 3 aliphatic carbocycles. The molecule has 1 N–H and O–H groups in total. The van der Waals surface area contributed by atoms with E-state index < -0.39 is 5.41 Å². The number of anilines is 1. The second-order valence-corrected chi connectivity index (χ2v) is 8.79. The summed E-state index contributed by atoms with van der Waals surface area (Å²) in [5.41, 5.74) is 6.94. The summed E-state index contributed by atoms with van der Waals surface area (Å²) < 4.78 is 5.43. The van der Waals surface area contributed by atoms with Gasteiger partial charge in [0.2, 0.25) is 5.91 Å². The lowest BCUT2D eigenvalue weighted by Crippen LogP contribution is -2.28. The number of amides is 1. The smallest absolute Gasteiger partial charge is 0.307 e. The summed E-state index contributed by atoms with van der Waals surface area (Å²) in [7, 11) is 0. The van der Waals surface area contributed by atoms with Gasteiger partial charge in [0.15, 0.2) is 0 Å². The molecule has 0 unspecified atom stereocenters. The van der Waals surface area contributed by atoms with Crippen molar-refractivity contribution in [2.75, 3.05) is 5.32 Å². The maximum absolute atomic E-state index is 13.2. The van der Waals surface area contributed by atoms with E-state index in [0.29, 0.717) is 0 Å². The molecule has 0 atom stereocenters. The maximum Gasteiger partial charge on any atom is 0.307 e. The summed E-state index contributed by atoms with van der Waals surface area (Å²) in [6, 6.07) is 12.0. The third-order valence-electron chi connectivity index (χ3n) is 6.77. The van der Waals surface area contributed by atoms with Crippen LogP contribution in [-0.4, -0.2) is 11.9 Å². The highest BCUT2D eigenvalue weighted by molar-refractivity contribution is 6.00. The van der Waals surface area contributed by atoms with Crippen molar-refractivity contribution < 1.29 is 14.3 Å².